The van der Waals surface area contributed by atoms with Crippen LogP contribution in [0.25, 0.3) is 0 Å². The number of phosphoric acid groups is 2. The third-order valence-corrected chi connectivity index (χ3v) is 16.3. The Kier molecular flexibility index (Phi) is 53.2. The van der Waals surface area contributed by atoms with Crippen LogP contribution in [0, 0.1) is 17.8 Å². The summed E-state index contributed by atoms with van der Waals surface area (Å²) < 4.78 is 67.9. The molecule has 0 aliphatic carbocycles. The normalized spacial score (nSPS) is 14.4. The summed E-state index contributed by atoms with van der Waals surface area (Å²) in [5.74, 6) is -0.0156. The molecule has 0 saturated carbocycles. The standard InChI is InChI=1S/C63H122O17P2/c1-8-9-10-11-12-13-14-15-23-32-39-46-62(67)79-59(51-74-61(66)45-38-31-26-25-29-36-43-56(6)7)53-78-82(71,72)76-49-57(64)48-75-81(69,70)77-52-58(80-63(68)47-40-33-24-19-17-21-28-35-42-55(4)5)50-73-60(65)44-37-30-22-18-16-20-27-34-41-54(2)3/h54-59,64H,8-53H2,1-7H3,(H,69,70)(H,71,72)/t57-,58-,59-/m1/s1. The molecule has 2 unspecified atom stereocenters. The van der Waals surface area contributed by atoms with Gasteiger partial charge >= 0.3 is 39.5 Å². The van der Waals surface area contributed by atoms with Crippen LogP contribution < -0.4 is 0 Å². The predicted octanol–water partition coefficient (Wildman–Crippen LogP) is 17.1. The number of ether oxygens (including phenoxy) is 4. The summed E-state index contributed by atoms with van der Waals surface area (Å²) in [6, 6.07) is 0. The van der Waals surface area contributed by atoms with Gasteiger partial charge in [-0.1, -0.05) is 254 Å². The van der Waals surface area contributed by atoms with Crippen molar-refractivity contribution in [3.63, 3.8) is 0 Å². The lowest BCUT2D eigenvalue weighted by atomic mass is 10.0. The van der Waals surface area contributed by atoms with Crippen LogP contribution in [0.4, 0.5) is 0 Å². The predicted molar refractivity (Wildman–Crippen MR) is 326 cm³/mol. The van der Waals surface area contributed by atoms with E-state index in [9.17, 15) is 43.2 Å². The number of esters is 4. The van der Waals surface area contributed by atoms with E-state index in [1.165, 1.54) is 109 Å². The number of carbonyl (C=O) groups excluding carboxylic acids is 4. The Bertz CT molecular complexity index is 1630. The topological polar surface area (TPSA) is 237 Å². The van der Waals surface area contributed by atoms with Crippen molar-refractivity contribution in [3.05, 3.63) is 0 Å². The Morgan fingerprint density at radius 1 is 0.329 bits per heavy atom. The number of phosphoric ester groups is 2. The summed E-state index contributed by atoms with van der Waals surface area (Å²) in [7, 11) is -9.88. The van der Waals surface area contributed by atoms with Gasteiger partial charge in [0.1, 0.15) is 19.3 Å². The Morgan fingerprint density at radius 2 is 0.561 bits per heavy atom. The van der Waals surface area contributed by atoms with Crippen molar-refractivity contribution in [2.75, 3.05) is 39.6 Å². The lowest BCUT2D eigenvalue weighted by Crippen LogP contribution is -2.30. The molecule has 0 aliphatic heterocycles. The Morgan fingerprint density at radius 3 is 0.829 bits per heavy atom. The monoisotopic (exact) mass is 1210 g/mol. The fourth-order valence-electron chi connectivity index (χ4n) is 9.30. The largest absolute Gasteiger partial charge is 0.472 e. The number of aliphatic hydroxyl groups excluding tert-OH is 1. The molecule has 0 fully saturated rings. The van der Waals surface area contributed by atoms with Crippen molar-refractivity contribution < 1.29 is 80.2 Å². The number of unbranched alkanes of at least 4 members (excludes halogenated alkanes) is 29. The van der Waals surface area contributed by atoms with Gasteiger partial charge < -0.3 is 33.8 Å². The third-order valence-electron chi connectivity index (χ3n) is 14.4. The first-order chi connectivity index (χ1) is 39.2. The van der Waals surface area contributed by atoms with Crippen LogP contribution in [0.1, 0.15) is 305 Å². The average molecular weight is 1210 g/mol. The lowest BCUT2D eigenvalue weighted by molar-refractivity contribution is -0.161. The molecule has 0 spiro atoms. The second-order valence-corrected chi connectivity index (χ2v) is 27.1. The molecule has 0 radical (unpaired) electrons. The van der Waals surface area contributed by atoms with Crippen LogP contribution in [0.15, 0.2) is 0 Å². The third kappa shape index (κ3) is 57.2. The van der Waals surface area contributed by atoms with Gasteiger partial charge in [-0.05, 0) is 43.4 Å². The average Bonchev–Trinajstić information content (AvgIpc) is 3.44. The fourth-order valence-corrected chi connectivity index (χ4v) is 10.9. The zero-order valence-electron chi connectivity index (χ0n) is 52.9. The van der Waals surface area contributed by atoms with Crippen molar-refractivity contribution in [1.82, 2.24) is 0 Å². The molecule has 486 valence electrons. The van der Waals surface area contributed by atoms with E-state index in [4.69, 9.17) is 37.0 Å². The molecule has 0 aromatic heterocycles. The molecule has 0 heterocycles. The van der Waals surface area contributed by atoms with E-state index < -0.39 is 97.5 Å². The maximum Gasteiger partial charge on any atom is 0.472 e. The number of aliphatic hydroxyl groups is 1. The zero-order chi connectivity index (χ0) is 61.0. The Labute approximate surface area is 498 Å². The summed E-state index contributed by atoms with van der Waals surface area (Å²) in [5.41, 5.74) is 0. The molecule has 0 aliphatic rings. The molecule has 0 aromatic carbocycles. The molecule has 19 heteroatoms. The van der Waals surface area contributed by atoms with Gasteiger partial charge in [-0.3, -0.25) is 37.3 Å². The van der Waals surface area contributed by atoms with Crippen LogP contribution >= 0.6 is 15.6 Å². The molecule has 82 heavy (non-hydrogen) atoms. The van der Waals surface area contributed by atoms with E-state index in [1.54, 1.807) is 0 Å². The molecule has 5 atom stereocenters. The van der Waals surface area contributed by atoms with Gasteiger partial charge in [-0.15, -0.1) is 0 Å². The van der Waals surface area contributed by atoms with Crippen LogP contribution in [-0.2, 0) is 65.4 Å². The van der Waals surface area contributed by atoms with Crippen molar-refractivity contribution in [2.45, 2.75) is 324 Å². The van der Waals surface area contributed by atoms with E-state index in [1.807, 2.05) is 0 Å². The first kappa shape index (κ1) is 80.1. The minimum atomic E-state index is -4.94. The highest BCUT2D eigenvalue weighted by Gasteiger charge is 2.30. The molecule has 0 amide bonds. The summed E-state index contributed by atoms with van der Waals surface area (Å²) in [6.45, 7) is 11.6. The van der Waals surface area contributed by atoms with Gasteiger partial charge in [0.2, 0.25) is 0 Å². The number of carbonyl (C=O) groups is 4. The quantitative estimate of drug-likeness (QED) is 0.0222. The summed E-state index contributed by atoms with van der Waals surface area (Å²) >= 11 is 0. The lowest BCUT2D eigenvalue weighted by Gasteiger charge is -2.21. The van der Waals surface area contributed by atoms with Gasteiger partial charge in [-0.2, -0.15) is 0 Å². The van der Waals surface area contributed by atoms with E-state index in [2.05, 4.69) is 48.5 Å². The number of rotatable bonds is 61. The van der Waals surface area contributed by atoms with Crippen molar-refractivity contribution in [1.29, 1.82) is 0 Å². The molecule has 0 bridgehead atoms. The van der Waals surface area contributed by atoms with Crippen LogP contribution in [-0.4, -0.2) is 96.7 Å². The molecular formula is C63H122O17P2. The summed E-state index contributed by atoms with van der Waals surface area (Å²) in [6.07, 6.45) is 35.0. The van der Waals surface area contributed by atoms with E-state index in [0.717, 1.165) is 108 Å². The fraction of sp³-hybridized carbons (Fsp3) is 0.937. The van der Waals surface area contributed by atoms with Gasteiger partial charge in [0.05, 0.1) is 26.4 Å². The summed E-state index contributed by atoms with van der Waals surface area (Å²) in [5, 5.41) is 10.5. The second-order valence-electron chi connectivity index (χ2n) is 24.2. The number of hydrogen-bond donors (Lipinski definition) is 3. The first-order valence-corrected chi connectivity index (χ1v) is 35.8. The Hall–Kier alpha value is -1.94. The molecule has 3 N–H and O–H groups in total. The first-order valence-electron chi connectivity index (χ1n) is 32.8. The van der Waals surface area contributed by atoms with E-state index >= 15 is 0 Å². The van der Waals surface area contributed by atoms with E-state index in [-0.39, 0.29) is 25.7 Å². The van der Waals surface area contributed by atoms with Gasteiger partial charge in [-0.25, -0.2) is 9.13 Å². The molecular weight excluding hydrogens is 1090 g/mol. The SMILES string of the molecule is CCCCCCCCCCCCCC(=O)O[C@H](COC(=O)CCCCCCCCC(C)C)COP(=O)(O)OC[C@H](O)COP(=O)(O)OC[C@@H](COC(=O)CCCCCCCCCCC(C)C)OC(=O)CCCCCCCCCCC(C)C. The maximum absolute atomic E-state index is 13.0. The maximum atomic E-state index is 13.0. The highest BCUT2D eigenvalue weighted by Crippen LogP contribution is 2.45. The molecule has 0 aromatic rings. The van der Waals surface area contributed by atoms with Crippen molar-refractivity contribution in [3.8, 4) is 0 Å². The van der Waals surface area contributed by atoms with Crippen molar-refractivity contribution in [2.24, 2.45) is 17.8 Å². The molecule has 17 nitrogen and oxygen atoms in total. The minimum Gasteiger partial charge on any atom is -0.462 e. The van der Waals surface area contributed by atoms with Gasteiger partial charge in [0.15, 0.2) is 12.2 Å². The second kappa shape index (κ2) is 54.5. The van der Waals surface area contributed by atoms with Crippen LogP contribution in [0.5, 0.6) is 0 Å². The highest BCUT2D eigenvalue weighted by molar-refractivity contribution is 7.47. The highest BCUT2D eigenvalue weighted by atomic mass is 31.2. The summed E-state index contributed by atoms with van der Waals surface area (Å²) in [4.78, 5) is 72.1. The van der Waals surface area contributed by atoms with Gasteiger partial charge in [0, 0.05) is 25.7 Å². The molecule has 0 saturated heterocycles. The smallest absolute Gasteiger partial charge is 0.462 e. The Balaban J connectivity index is 5.25. The van der Waals surface area contributed by atoms with Crippen LogP contribution in [0.2, 0.25) is 0 Å². The zero-order valence-corrected chi connectivity index (χ0v) is 54.7. The number of hydrogen-bond acceptors (Lipinski definition) is 15. The van der Waals surface area contributed by atoms with Crippen molar-refractivity contribution >= 4 is 39.5 Å². The van der Waals surface area contributed by atoms with E-state index in [0.29, 0.717) is 31.6 Å². The van der Waals surface area contributed by atoms with Gasteiger partial charge in [0.25, 0.3) is 0 Å². The molecule has 0 rings (SSSR count). The minimum absolute atomic E-state index is 0.103. The van der Waals surface area contributed by atoms with Crippen LogP contribution in [0.3, 0.4) is 0 Å².